The van der Waals surface area contributed by atoms with Crippen LogP contribution in [0.1, 0.15) is 30.6 Å². The molecule has 0 aliphatic heterocycles. The summed E-state index contributed by atoms with van der Waals surface area (Å²) in [4.78, 5) is 2.02. The van der Waals surface area contributed by atoms with E-state index < -0.39 is 6.10 Å². The number of nitrogens with zero attached hydrogens (tertiary/aromatic N) is 1. The van der Waals surface area contributed by atoms with Gasteiger partial charge in [0.2, 0.25) is 0 Å². The van der Waals surface area contributed by atoms with Crippen LogP contribution in [0, 0.1) is 12.7 Å². The average Bonchev–Trinajstić information content (AvgIpc) is 2.32. The monoisotopic (exact) mass is 255 g/mol. The molecule has 0 saturated heterocycles. The first-order chi connectivity index (χ1) is 8.47. The first-order valence-corrected chi connectivity index (χ1v) is 6.15. The maximum absolute atomic E-state index is 13.5. The van der Waals surface area contributed by atoms with Gasteiger partial charge < -0.3 is 14.7 Å². The summed E-state index contributed by atoms with van der Waals surface area (Å²) in [6.07, 6.45) is 0.211. The van der Waals surface area contributed by atoms with Gasteiger partial charge in [0, 0.05) is 38.6 Å². The smallest absolute Gasteiger partial charge is 0.126 e. The summed E-state index contributed by atoms with van der Waals surface area (Å²) < 4.78 is 18.6. The highest BCUT2D eigenvalue weighted by atomic mass is 19.1. The lowest BCUT2D eigenvalue weighted by atomic mass is 10.0. The fourth-order valence-corrected chi connectivity index (χ4v) is 1.91. The van der Waals surface area contributed by atoms with Gasteiger partial charge in [-0.15, -0.1) is 0 Å². The molecule has 102 valence electrons. The lowest BCUT2D eigenvalue weighted by Crippen LogP contribution is -2.22. The predicted molar refractivity (Wildman–Crippen MR) is 71.5 cm³/mol. The Kier molecular flexibility index (Phi) is 5.56. The Morgan fingerprint density at radius 2 is 2.11 bits per heavy atom. The number of benzene rings is 1. The molecule has 0 aromatic heterocycles. The molecule has 0 heterocycles. The average molecular weight is 255 g/mol. The maximum atomic E-state index is 13.5. The minimum atomic E-state index is -0.681. The largest absolute Gasteiger partial charge is 0.389 e. The Bertz CT molecular complexity index is 394. The van der Waals surface area contributed by atoms with Crippen molar-refractivity contribution >= 4 is 5.69 Å². The van der Waals surface area contributed by atoms with Gasteiger partial charge in [0.25, 0.3) is 0 Å². The van der Waals surface area contributed by atoms with Crippen LogP contribution in [0.25, 0.3) is 0 Å². The van der Waals surface area contributed by atoms with Crippen LogP contribution in [-0.2, 0) is 4.74 Å². The van der Waals surface area contributed by atoms with E-state index in [0.717, 1.165) is 18.7 Å². The topological polar surface area (TPSA) is 32.7 Å². The zero-order chi connectivity index (χ0) is 13.7. The number of anilines is 1. The Hall–Kier alpha value is -1.13. The Balaban J connectivity index is 2.94. The maximum Gasteiger partial charge on any atom is 0.126 e. The molecule has 1 atom stereocenters. The number of halogens is 1. The zero-order valence-electron chi connectivity index (χ0n) is 11.5. The molecular weight excluding hydrogens is 233 g/mol. The second-order valence-electron chi connectivity index (χ2n) is 4.60. The fourth-order valence-electron chi connectivity index (χ4n) is 1.91. The molecule has 0 fully saturated rings. The van der Waals surface area contributed by atoms with Gasteiger partial charge >= 0.3 is 0 Å². The number of hydrogen-bond donors (Lipinski definition) is 1. The molecule has 0 amide bonds. The van der Waals surface area contributed by atoms with Gasteiger partial charge in [-0.05, 0) is 38.0 Å². The van der Waals surface area contributed by atoms with Crippen LogP contribution < -0.4 is 4.90 Å². The Labute approximate surface area is 108 Å². The third-order valence-corrected chi connectivity index (χ3v) is 3.01. The fraction of sp³-hybridized carbons (Fsp3) is 0.571. The van der Waals surface area contributed by atoms with Gasteiger partial charge in [-0.1, -0.05) is 0 Å². The van der Waals surface area contributed by atoms with E-state index in [9.17, 15) is 9.50 Å². The van der Waals surface area contributed by atoms with E-state index in [1.807, 2.05) is 11.9 Å². The normalized spacial score (nSPS) is 12.6. The summed E-state index contributed by atoms with van der Waals surface area (Å²) in [5, 5.41) is 9.72. The molecule has 1 rings (SSSR count). The molecule has 4 heteroatoms. The van der Waals surface area contributed by atoms with E-state index in [1.165, 1.54) is 6.07 Å². The summed E-state index contributed by atoms with van der Waals surface area (Å²) in [6, 6.07) is 3.20. The van der Waals surface area contributed by atoms with E-state index in [0.29, 0.717) is 17.7 Å². The van der Waals surface area contributed by atoms with Gasteiger partial charge in [0.1, 0.15) is 5.82 Å². The van der Waals surface area contributed by atoms with Crippen LogP contribution in [0.5, 0.6) is 0 Å². The van der Waals surface area contributed by atoms with E-state index in [1.54, 1.807) is 27.0 Å². The molecule has 1 aromatic carbocycles. The van der Waals surface area contributed by atoms with Crippen molar-refractivity contribution in [3.8, 4) is 0 Å². The predicted octanol–water partition coefficient (Wildman–Crippen LogP) is 2.66. The quantitative estimate of drug-likeness (QED) is 0.793. The standard InChI is InChI=1S/C14H22FNO2/c1-10-8-14(16(3)6-5-7-18-4)12(11(2)17)9-13(10)15/h8-9,11,17H,5-7H2,1-4H3. The lowest BCUT2D eigenvalue weighted by Gasteiger charge is -2.24. The molecule has 0 spiro atoms. The summed E-state index contributed by atoms with van der Waals surface area (Å²) in [5.74, 6) is -0.278. The highest BCUT2D eigenvalue weighted by Gasteiger charge is 2.14. The highest BCUT2D eigenvalue weighted by Crippen LogP contribution is 2.28. The van der Waals surface area contributed by atoms with Crippen LogP contribution in [0.2, 0.25) is 0 Å². The molecule has 0 bridgehead atoms. The van der Waals surface area contributed by atoms with Gasteiger partial charge in [-0.2, -0.15) is 0 Å². The number of aliphatic hydroxyl groups excluding tert-OH is 1. The van der Waals surface area contributed by atoms with Crippen molar-refractivity contribution in [2.75, 3.05) is 32.2 Å². The molecule has 1 N–H and O–H groups in total. The SMILES string of the molecule is COCCCN(C)c1cc(C)c(F)cc1C(C)O. The number of aliphatic hydroxyl groups is 1. The number of methoxy groups -OCH3 is 1. The van der Waals surface area contributed by atoms with Gasteiger partial charge in [0.15, 0.2) is 0 Å². The van der Waals surface area contributed by atoms with Crippen molar-refractivity contribution in [2.24, 2.45) is 0 Å². The summed E-state index contributed by atoms with van der Waals surface area (Å²) >= 11 is 0. The van der Waals surface area contributed by atoms with E-state index >= 15 is 0 Å². The van der Waals surface area contributed by atoms with Crippen molar-refractivity contribution in [2.45, 2.75) is 26.4 Å². The van der Waals surface area contributed by atoms with Crippen LogP contribution in [0.15, 0.2) is 12.1 Å². The lowest BCUT2D eigenvalue weighted by molar-refractivity contribution is 0.195. The second kappa shape index (κ2) is 6.71. The minimum absolute atomic E-state index is 0.278. The van der Waals surface area contributed by atoms with Gasteiger partial charge in [0.05, 0.1) is 6.10 Å². The number of ether oxygens (including phenoxy) is 1. The molecule has 0 saturated carbocycles. The third kappa shape index (κ3) is 3.68. The summed E-state index contributed by atoms with van der Waals surface area (Å²) in [5.41, 5.74) is 2.09. The van der Waals surface area contributed by atoms with Crippen molar-refractivity contribution in [1.29, 1.82) is 0 Å². The summed E-state index contributed by atoms with van der Waals surface area (Å²) in [6.45, 7) is 4.87. The highest BCUT2D eigenvalue weighted by molar-refractivity contribution is 5.56. The molecule has 0 aliphatic rings. The number of hydrogen-bond acceptors (Lipinski definition) is 3. The van der Waals surface area contributed by atoms with Crippen LogP contribution in [0.3, 0.4) is 0 Å². The number of aryl methyl sites for hydroxylation is 1. The molecule has 1 unspecified atom stereocenters. The van der Waals surface area contributed by atoms with Crippen LogP contribution in [-0.4, -0.2) is 32.4 Å². The molecule has 18 heavy (non-hydrogen) atoms. The van der Waals surface area contributed by atoms with Crippen molar-refractivity contribution in [1.82, 2.24) is 0 Å². The first-order valence-electron chi connectivity index (χ1n) is 6.15. The van der Waals surface area contributed by atoms with Gasteiger partial charge in [-0.3, -0.25) is 0 Å². The van der Waals surface area contributed by atoms with Gasteiger partial charge in [-0.25, -0.2) is 4.39 Å². The Morgan fingerprint density at radius 3 is 2.67 bits per heavy atom. The molecule has 3 nitrogen and oxygen atoms in total. The minimum Gasteiger partial charge on any atom is -0.389 e. The zero-order valence-corrected chi connectivity index (χ0v) is 11.5. The molecule has 0 radical (unpaired) electrons. The van der Waals surface area contributed by atoms with E-state index in [2.05, 4.69) is 0 Å². The van der Waals surface area contributed by atoms with Crippen LogP contribution in [0.4, 0.5) is 10.1 Å². The van der Waals surface area contributed by atoms with Crippen LogP contribution >= 0.6 is 0 Å². The third-order valence-electron chi connectivity index (χ3n) is 3.01. The van der Waals surface area contributed by atoms with Crippen molar-refractivity contribution in [3.63, 3.8) is 0 Å². The molecular formula is C14H22FNO2. The van der Waals surface area contributed by atoms with E-state index in [4.69, 9.17) is 4.74 Å². The van der Waals surface area contributed by atoms with E-state index in [-0.39, 0.29) is 5.82 Å². The molecule has 1 aromatic rings. The molecule has 0 aliphatic carbocycles. The Morgan fingerprint density at radius 1 is 1.44 bits per heavy atom. The second-order valence-corrected chi connectivity index (χ2v) is 4.60. The first kappa shape index (κ1) is 14.9. The summed E-state index contributed by atoms with van der Waals surface area (Å²) in [7, 11) is 3.61. The van der Waals surface area contributed by atoms with Crippen molar-refractivity contribution < 1.29 is 14.2 Å². The number of rotatable bonds is 6. The van der Waals surface area contributed by atoms with Crippen molar-refractivity contribution in [3.05, 3.63) is 29.1 Å².